The van der Waals surface area contributed by atoms with E-state index in [0.717, 1.165) is 88.9 Å². The van der Waals surface area contributed by atoms with Crippen LogP contribution in [0.3, 0.4) is 0 Å². The van der Waals surface area contributed by atoms with Gasteiger partial charge < -0.3 is 13.7 Å². The second kappa shape index (κ2) is 13.4. The van der Waals surface area contributed by atoms with Gasteiger partial charge >= 0.3 is 0 Å². The van der Waals surface area contributed by atoms with Gasteiger partial charge in [-0.05, 0) is 118 Å². The molecule has 59 heavy (non-hydrogen) atoms. The van der Waals surface area contributed by atoms with Gasteiger partial charge in [-0.2, -0.15) is 0 Å². The number of anilines is 3. The van der Waals surface area contributed by atoms with Crippen molar-refractivity contribution in [2.75, 3.05) is 4.90 Å². The summed E-state index contributed by atoms with van der Waals surface area (Å²) in [5.41, 5.74) is 16.8. The number of rotatable bonds is 6. The minimum absolute atomic E-state index is 0.114. The van der Waals surface area contributed by atoms with Crippen molar-refractivity contribution < 1.29 is 8.83 Å². The maximum Gasteiger partial charge on any atom is 0.136 e. The molecule has 286 valence electrons. The van der Waals surface area contributed by atoms with Crippen molar-refractivity contribution in [2.45, 2.75) is 51.4 Å². The molecule has 2 heterocycles. The van der Waals surface area contributed by atoms with E-state index in [4.69, 9.17) is 8.83 Å². The van der Waals surface area contributed by atoms with Crippen LogP contribution in [0.25, 0.3) is 77.3 Å². The molecule has 0 unspecified atom stereocenters. The van der Waals surface area contributed by atoms with Gasteiger partial charge in [0.05, 0.1) is 11.4 Å². The molecule has 2 aromatic heterocycles. The molecule has 0 aliphatic heterocycles. The minimum Gasteiger partial charge on any atom is -0.456 e. The van der Waals surface area contributed by atoms with E-state index in [0.29, 0.717) is 0 Å². The number of para-hydroxylation sites is 3. The van der Waals surface area contributed by atoms with E-state index in [1.807, 2.05) is 12.1 Å². The Balaban J connectivity index is 1.10. The molecule has 0 spiro atoms. The van der Waals surface area contributed by atoms with Crippen LogP contribution in [0.4, 0.5) is 17.1 Å². The second-order valence-electron chi connectivity index (χ2n) is 17.5. The summed E-state index contributed by atoms with van der Waals surface area (Å²) in [6.45, 7) is 9.53. The van der Waals surface area contributed by atoms with Crippen LogP contribution in [0.2, 0.25) is 0 Å². The largest absolute Gasteiger partial charge is 0.456 e. The predicted molar refractivity (Wildman–Crippen MR) is 247 cm³/mol. The van der Waals surface area contributed by atoms with E-state index >= 15 is 0 Å². The van der Waals surface area contributed by atoms with Gasteiger partial charge in [-0.1, -0.05) is 143 Å². The van der Waals surface area contributed by atoms with Gasteiger partial charge in [-0.15, -0.1) is 0 Å². The maximum atomic E-state index is 6.76. The Morgan fingerprint density at radius 1 is 0.373 bits per heavy atom. The van der Waals surface area contributed by atoms with Crippen molar-refractivity contribution in [3.63, 3.8) is 0 Å². The zero-order valence-corrected chi connectivity index (χ0v) is 33.9. The molecule has 3 nitrogen and oxygen atoms in total. The van der Waals surface area contributed by atoms with Gasteiger partial charge in [0.1, 0.15) is 22.3 Å². The molecule has 0 amide bonds. The lowest BCUT2D eigenvalue weighted by Gasteiger charge is -2.41. The first kappa shape index (κ1) is 35.3. The standard InChI is InChI=1S/C56H45NO2/c1-55(2)30-31-56(3,4)48-35-54-46(34-47(48)55)44-28-26-37(32-53(44)59-54)39-18-8-9-20-41(39)42-21-11-14-24-50(42)57(49-23-13-10-19-40(49)36-16-6-5-7-17-36)38-27-29-52-45(33-38)43-22-12-15-25-51(43)58-52/h5-29,32-35H,30-31H2,1-4H3. The van der Waals surface area contributed by atoms with E-state index in [1.165, 1.54) is 29.4 Å². The topological polar surface area (TPSA) is 29.5 Å². The Bertz CT molecular complexity index is 3230. The molecule has 8 aromatic carbocycles. The van der Waals surface area contributed by atoms with Gasteiger partial charge in [0.15, 0.2) is 0 Å². The summed E-state index contributed by atoms with van der Waals surface area (Å²) in [6, 6.07) is 63.4. The summed E-state index contributed by atoms with van der Waals surface area (Å²) in [6.07, 6.45) is 2.35. The summed E-state index contributed by atoms with van der Waals surface area (Å²) in [7, 11) is 0. The Labute approximate surface area is 345 Å². The molecule has 10 aromatic rings. The third-order valence-electron chi connectivity index (χ3n) is 13.0. The highest BCUT2D eigenvalue weighted by Gasteiger charge is 2.38. The zero-order valence-electron chi connectivity index (χ0n) is 33.9. The minimum atomic E-state index is 0.114. The van der Waals surface area contributed by atoms with Crippen LogP contribution in [0.1, 0.15) is 51.7 Å². The molecule has 0 atom stereocenters. The summed E-state index contributed by atoms with van der Waals surface area (Å²) >= 11 is 0. The van der Waals surface area contributed by atoms with Crippen LogP contribution in [0, 0.1) is 0 Å². The quantitative estimate of drug-likeness (QED) is 0.169. The summed E-state index contributed by atoms with van der Waals surface area (Å²) in [4.78, 5) is 2.42. The van der Waals surface area contributed by atoms with Gasteiger partial charge in [-0.25, -0.2) is 0 Å². The third-order valence-corrected chi connectivity index (χ3v) is 13.0. The van der Waals surface area contributed by atoms with E-state index in [2.05, 4.69) is 196 Å². The molecule has 3 heteroatoms. The van der Waals surface area contributed by atoms with Gasteiger partial charge in [-0.3, -0.25) is 0 Å². The molecule has 0 fully saturated rings. The van der Waals surface area contributed by atoms with Gasteiger partial charge in [0.2, 0.25) is 0 Å². The van der Waals surface area contributed by atoms with E-state index < -0.39 is 0 Å². The highest BCUT2D eigenvalue weighted by molar-refractivity contribution is 6.09. The number of benzene rings is 8. The molecule has 1 aliphatic rings. The van der Waals surface area contributed by atoms with Crippen LogP contribution in [-0.2, 0) is 10.8 Å². The highest BCUT2D eigenvalue weighted by atomic mass is 16.3. The van der Waals surface area contributed by atoms with Crippen molar-refractivity contribution in [3.05, 3.63) is 187 Å². The third kappa shape index (κ3) is 5.79. The van der Waals surface area contributed by atoms with Crippen LogP contribution < -0.4 is 4.90 Å². The first-order chi connectivity index (χ1) is 28.7. The number of hydrogen-bond donors (Lipinski definition) is 0. The molecule has 0 saturated heterocycles. The molecule has 1 aliphatic carbocycles. The van der Waals surface area contributed by atoms with Crippen molar-refractivity contribution in [2.24, 2.45) is 0 Å². The summed E-state index contributed by atoms with van der Waals surface area (Å²) < 4.78 is 13.1. The zero-order chi connectivity index (χ0) is 39.9. The molecular formula is C56H45NO2. The Hall–Kier alpha value is -6.84. The molecule has 0 bridgehead atoms. The SMILES string of the molecule is CC1(C)CCC(C)(C)c2cc3c(cc21)oc1cc(-c2ccccc2-c2ccccc2N(c2ccc4oc5ccccc5c4c2)c2ccccc2-c2ccccc2)ccc13. The van der Waals surface area contributed by atoms with Gasteiger partial charge in [0, 0.05) is 38.4 Å². The maximum absolute atomic E-state index is 6.76. The fraction of sp³-hybridized carbons (Fsp3) is 0.143. The van der Waals surface area contributed by atoms with Crippen LogP contribution in [0.15, 0.2) is 185 Å². The van der Waals surface area contributed by atoms with Crippen LogP contribution in [-0.4, -0.2) is 0 Å². The second-order valence-corrected chi connectivity index (χ2v) is 17.5. The number of hydrogen-bond acceptors (Lipinski definition) is 3. The van der Waals surface area contributed by atoms with Crippen LogP contribution >= 0.6 is 0 Å². The van der Waals surface area contributed by atoms with Crippen molar-refractivity contribution in [1.29, 1.82) is 0 Å². The molecule has 0 N–H and O–H groups in total. The first-order valence-corrected chi connectivity index (χ1v) is 20.8. The van der Waals surface area contributed by atoms with E-state index in [9.17, 15) is 0 Å². The Morgan fingerprint density at radius 2 is 0.915 bits per heavy atom. The smallest absolute Gasteiger partial charge is 0.136 e. The average molecular weight is 764 g/mol. The van der Waals surface area contributed by atoms with Crippen molar-refractivity contribution in [1.82, 2.24) is 0 Å². The molecule has 11 rings (SSSR count). The lowest BCUT2D eigenvalue weighted by molar-refractivity contribution is 0.332. The number of fused-ring (bicyclic) bond motifs is 7. The Morgan fingerprint density at radius 3 is 1.69 bits per heavy atom. The molecule has 0 saturated carbocycles. The fourth-order valence-corrected chi connectivity index (χ4v) is 9.66. The predicted octanol–water partition coefficient (Wildman–Crippen LogP) is 16.3. The normalized spacial score (nSPS) is 14.6. The fourth-order valence-electron chi connectivity index (χ4n) is 9.66. The van der Waals surface area contributed by atoms with Crippen molar-refractivity contribution in [3.8, 4) is 33.4 Å². The average Bonchev–Trinajstić information content (AvgIpc) is 3.83. The van der Waals surface area contributed by atoms with Gasteiger partial charge in [0.25, 0.3) is 0 Å². The summed E-state index contributed by atoms with van der Waals surface area (Å²) in [5.74, 6) is 0. The number of nitrogens with zero attached hydrogens (tertiary/aromatic N) is 1. The van der Waals surface area contributed by atoms with E-state index in [1.54, 1.807) is 0 Å². The van der Waals surface area contributed by atoms with Crippen LogP contribution in [0.5, 0.6) is 0 Å². The lowest BCUT2D eigenvalue weighted by Crippen LogP contribution is -2.33. The lowest BCUT2D eigenvalue weighted by atomic mass is 9.63. The van der Waals surface area contributed by atoms with Crippen molar-refractivity contribution >= 4 is 60.9 Å². The highest BCUT2D eigenvalue weighted by Crippen LogP contribution is 2.50. The van der Waals surface area contributed by atoms with E-state index in [-0.39, 0.29) is 10.8 Å². The monoisotopic (exact) mass is 763 g/mol. The number of furan rings is 2. The molecular weight excluding hydrogens is 719 g/mol. The first-order valence-electron chi connectivity index (χ1n) is 20.8. The summed E-state index contributed by atoms with van der Waals surface area (Å²) in [5, 5.41) is 4.55. The Kier molecular flexibility index (Phi) is 8.00. The molecule has 0 radical (unpaired) electrons.